The van der Waals surface area contributed by atoms with E-state index in [0.717, 1.165) is 12.8 Å². The topological polar surface area (TPSA) is 17.1 Å². The largest absolute Gasteiger partial charge is 0.299 e. The second-order valence-corrected chi connectivity index (χ2v) is 4.44. The first-order valence-electron chi connectivity index (χ1n) is 5.12. The molecule has 78 valence electrons. The highest BCUT2D eigenvalue weighted by atomic mass is 19.3. The molecular weight excluding hydrogens is 186 g/mol. The van der Waals surface area contributed by atoms with E-state index in [0.29, 0.717) is 12.3 Å². The van der Waals surface area contributed by atoms with Crippen molar-refractivity contribution < 1.29 is 13.6 Å². The second-order valence-electron chi connectivity index (χ2n) is 4.44. The Morgan fingerprint density at radius 3 is 2.36 bits per heavy atom. The van der Waals surface area contributed by atoms with Crippen LogP contribution in [-0.4, -0.2) is 11.7 Å². The molecule has 2 aliphatic rings. The molecule has 0 aromatic rings. The van der Waals surface area contributed by atoms with Crippen LogP contribution in [0.25, 0.3) is 0 Å². The van der Waals surface area contributed by atoms with Crippen molar-refractivity contribution in [2.45, 2.75) is 38.0 Å². The highest BCUT2D eigenvalue weighted by Crippen LogP contribution is 2.43. The number of hydrogen-bond donors (Lipinski definition) is 0. The van der Waals surface area contributed by atoms with E-state index in [9.17, 15) is 13.6 Å². The minimum absolute atomic E-state index is 0.0459. The number of allylic oxidation sites excluding steroid dienone is 2. The summed E-state index contributed by atoms with van der Waals surface area (Å²) in [5.41, 5.74) is 0. The maximum absolute atomic E-state index is 12.5. The highest BCUT2D eigenvalue weighted by Gasteiger charge is 2.48. The van der Waals surface area contributed by atoms with Gasteiger partial charge in [-0.15, -0.1) is 0 Å². The van der Waals surface area contributed by atoms with Crippen LogP contribution >= 0.6 is 0 Å². The van der Waals surface area contributed by atoms with Gasteiger partial charge in [0.1, 0.15) is 5.78 Å². The van der Waals surface area contributed by atoms with Gasteiger partial charge in [-0.05, 0) is 18.8 Å². The van der Waals surface area contributed by atoms with E-state index in [4.69, 9.17) is 0 Å². The van der Waals surface area contributed by atoms with Gasteiger partial charge < -0.3 is 0 Å². The van der Waals surface area contributed by atoms with Gasteiger partial charge >= 0.3 is 0 Å². The van der Waals surface area contributed by atoms with Gasteiger partial charge in [-0.3, -0.25) is 4.79 Å². The molecule has 0 unspecified atom stereocenters. The zero-order chi connectivity index (χ0) is 10.2. The van der Waals surface area contributed by atoms with E-state index >= 15 is 0 Å². The molecule has 0 heterocycles. The van der Waals surface area contributed by atoms with Crippen LogP contribution in [0.1, 0.15) is 32.1 Å². The lowest BCUT2D eigenvalue weighted by atomic mass is 9.76. The Bertz CT molecular complexity index is 254. The molecule has 0 radical (unpaired) electrons. The number of hydrogen-bond acceptors (Lipinski definition) is 1. The summed E-state index contributed by atoms with van der Waals surface area (Å²) in [5, 5.41) is 0. The van der Waals surface area contributed by atoms with Crippen molar-refractivity contribution in [2.75, 3.05) is 0 Å². The summed E-state index contributed by atoms with van der Waals surface area (Å²) in [4.78, 5) is 11.5. The van der Waals surface area contributed by atoms with Gasteiger partial charge in [0, 0.05) is 25.2 Å². The van der Waals surface area contributed by atoms with E-state index < -0.39 is 5.92 Å². The summed E-state index contributed by atoms with van der Waals surface area (Å²) in [7, 11) is 0. The molecule has 1 fully saturated rings. The fourth-order valence-electron chi connectivity index (χ4n) is 2.18. The molecule has 0 amide bonds. The summed E-state index contributed by atoms with van der Waals surface area (Å²) in [6.07, 6.45) is 6.07. The Morgan fingerprint density at radius 1 is 1.29 bits per heavy atom. The van der Waals surface area contributed by atoms with Crippen LogP contribution in [0, 0.1) is 11.8 Å². The van der Waals surface area contributed by atoms with Crippen molar-refractivity contribution >= 4 is 5.78 Å². The zero-order valence-corrected chi connectivity index (χ0v) is 8.01. The molecule has 0 spiro atoms. The van der Waals surface area contributed by atoms with Crippen molar-refractivity contribution in [3.63, 3.8) is 0 Å². The summed E-state index contributed by atoms with van der Waals surface area (Å²) < 4.78 is 25.0. The summed E-state index contributed by atoms with van der Waals surface area (Å²) in [5.74, 6) is -2.49. The fourth-order valence-corrected chi connectivity index (χ4v) is 2.18. The molecule has 2 aliphatic carbocycles. The monoisotopic (exact) mass is 200 g/mol. The van der Waals surface area contributed by atoms with Crippen LogP contribution in [0.3, 0.4) is 0 Å². The molecule has 3 heteroatoms. The zero-order valence-electron chi connectivity index (χ0n) is 8.01. The fraction of sp³-hybridized carbons (Fsp3) is 0.727. The molecule has 0 atom stereocenters. The van der Waals surface area contributed by atoms with E-state index in [-0.39, 0.29) is 24.5 Å². The van der Waals surface area contributed by atoms with Gasteiger partial charge in [0.25, 0.3) is 0 Å². The Kier molecular flexibility index (Phi) is 2.41. The third-order valence-corrected chi connectivity index (χ3v) is 3.14. The Hall–Kier alpha value is -0.730. The lowest BCUT2D eigenvalue weighted by molar-refractivity contribution is -0.148. The predicted octanol–water partition coefficient (Wildman–Crippen LogP) is 2.96. The van der Waals surface area contributed by atoms with E-state index in [1.807, 2.05) is 0 Å². The molecule has 0 bridgehead atoms. The number of halogens is 2. The average Bonchev–Trinajstić information content (AvgIpc) is 2.52. The molecule has 0 N–H and O–H groups in total. The number of Topliss-reactive ketones (excluding diaryl/α,β-unsaturated/α-hetero) is 1. The van der Waals surface area contributed by atoms with Crippen molar-refractivity contribution in [3.05, 3.63) is 12.2 Å². The van der Waals surface area contributed by atoms with Crippen molar-refractivity contribution in [2.24, 2.45) is 11.8 Å². The van der Waals surface area contributed by atoms with Crippen LogP contribution in [-0.2, 0) is 4.79 Å². The molecule has 0 aromatic carbocycles. The molecule has 0 aromatic heterocycles. The standard InChI is InChI=1S/C11H14F2O/c12-11(13)6-9(7-11)10(14)5-8-3-1-2-4-8/h1-2,8-9H,3-7H2. The first-order valence-corrected chi connectivity index (χ1v) is 5.12. The molecule has 1 saturated carbocycles. The van der Waals surface area contributed by atoms with Crippen LogP contribution in [0.5, 0.6) is 0 Å². The number of alkyl halides is 2. The summed E-state index contributed by atoms with van der Waals surface area (Å²) >= 11 is 0. The second kappa shape index (κ2) is 3.44. The van der Waals surface area contributed by atoms with Crippen molar-refractivity contribution in [1.82, 2.24) is 0 Å². The minimum Gasteiger partial charge on any atom is -0.299 e. The highest BCUT2D eigenvalue weighted by molar-refractivity contribution is 5.82. The molecule has 0 aliphatic heterocycles. The minimum atomic E-state index is -2.56. The third-order valence-electron chi connectivity index (χ3n) is 3.14. The van der Waals surface area contributed by atoms with Crippen LogP contribution in [0.4, 0.5) is 8.78 Å². The van der Waals surface area contributed by atoms with Crippen molar-refractivity contribution in [3.8, 4) is 0 Å². The van der Waals surface area contributed by atoms with Gasteiger partial charge in [-0.25, -0.2) is 8.78 Å². The smallest absolute Gasteiger partial charge is 0.249 e. The van der Waals surface area contributed by atoms with Gasteiger partial charge in [-0.2, -0.15) is 0 Å². The first-order chi connectivity index (χ1) is 6.57. The number of ketones is 1. The number of rotatable bonds is 3. The lowest BCUT2D eigenvalue weighted by Gasteiger charge is -2.34. The first kappa shape index (κ1) is 9.81. The maximum Gasteiger partial charge on any atom is 0.249 e. The molecule has 2 rings (SSSR count). The van der Waals surface area contributed by atoms with E-state index in [2.05, 4.69) is 12.2 Å². The summed E-state index contributed by atoms with van der Waals surface area (Å²) in [6.45, 7) is 0. The number of carbonyl (C=O) groups excluding carboxylic acids is 1. The SMILES string of the molecule is O=C(CC1CC=CC1)C1CC(F)(F)C1. The van der Waals surface area contributed by atoms with Crippen molar-refractivity contribution in [1.29, 1.82) is 0 Å². The lowest BCUT2D eigenvalue weighted by Crippen LogP contribution is -2.40. The summed E-state index contributed by atoms with van der Waals surface area (Å²) in [6, 6.07) is 0. The molecule has 0 saturated heterocycles. The van der Waals surface area contributed by atoms with Gasteiger partial charge in [0.15, 0.2) is 0 Å². The quantitative estimate of drug-likeness (QED) is 0.640. The van der Waals surface area contributed by atoms with Gasteiger partial charge in [-0.1, -0.05) is 12.2 Å². The Morgan fingerprint density at radius 2 is 1.86 bits per heavy atom. The van der Waals surface area contributed by atoms with Crippen LogP contribution in [0.2, 0.25) is 0 Å². The normalized spacial score (nSPS) is 26.4. The van der Waals surface area contributed by atoms with E-state index in [1.165, 1.54) is 0 Å². The third kappa shape index (κ3) is 2.02. The van der Waals surface area contributed by atoms with Crippen LogP contribution in [0.15, 0.2) is 12.2 Å². The molecular formula is C11H14F2O. The Balaban J connectivity index is 1.74. The van der Waals surface area contributed by atoms with Gasteiger partial charge in [0.2, 0.25) is 5.92 Å². The molecule has 14 heavy (non-hydrogen) atoms. The van der Waals surface area contributed by atoms with Gasteiger partial charge in [0.05, 0.1) is 0 Å². The average molecular weight is 200 g/mol. The predicted molar refractivity (Wildman–Crippen MR) is 49.2 cm³/mol. The maximum atomic E-state index is 12.5. The molecule has 1 nitrogen and oxygen atoms in total. The van der Waals surface area contributed by atoms with Crippen LogP contribution < -0.4 is 0 Å². The van der Waals surface area contributed by atoms with E-state index in [1.54, 1.807) is 0 Å². The Labute approximate surface area is 82.2 Å². The number of carbonyl (C=O) groups is 1.